The van der Waals surface area contributed by atoms with Crippen molar-refractivity contribution in [3.8, 4) is 0 Å². The topological polar surface area (TPSA) is 44.5 Å². The summed E-state index contributed by atoms with van der Waals surface area (Å²) in [5.74, 6) is 1.22. The van der Waals surface area contributed by atoms with Crippen molar-refractivity contribution in [1.29, 1.82) is 0 Å². The van der Waals surface area contributed by atoms with Crippen LogP contribution in [0.3, 0.4) is 0 Å². The number of rotatable bonds is 5. The predicted octanol–water partition coefficient (Wildman–Crippen LogP) is 3.11. The first-order valence-electron chi connectivity index (χ1n) is 7.81. The van der Waals surface area contributed by atoms with E-state index in [2.05, 4.69) is 34.6 Å². The quantitative estimate of drug-likeness (QED) is 0.834. The molecular formula is C16H31NO2. The van der Waals surface area contributed by atoms with Gasteiger partial charge in [-0.25, -0.2) is 0 Å². The molecule has 1 aliphatic heterocycles. The number of nitrogens with two attached hydrogens (primary N) is 1. The van der Waals surface area contributed by atoms with Gasteiger partial charge in [0.1, 0.15) is 0 Å². The summed E-state index contributed by atoms with van der Waals surface area (Å²) >= 11 is 0. The maximum Gasteiger partial charge on any atom is 0.0677 e. The Hall–Kier alpha value is -0.120. The molecule has 0 bridgehead atoms. The lowest BCUT2D eigenvalue weighted by Gasteiger charge is -2.39. The first kappa shape index (κ1) is 15.3. The van der Waals surface area contributed by atoms with Crippen molar-refractivity contribution in [3.63, 3.8) is 0 Å². The van der Waals surface area contributed by atoms with Gasteiger partial charge in [-0.1, -0.05) is 0 Å². The molecule has 1 aliphatic carbocycles. The molecule has 0 aromatic carbocycles. The fraction of sp³-hybridized carbons (Fsp3) is 1.00. The molecule has 2 unspecified atom stereocenters. The van der Waals surface area contributed by atoms with E-state index < -0.39 is 0 Å². The lowest BCUT2D eigenvalue weighted by atomic mass is 9.73. The van der Waals surface area contributed by atoms with E-state index in [0.717, 1.165) is 25.4 Å². The molecule has 0 aromatic heterocycles. The third-order valence-corrected chi connectivity index (χ3v) is 4.86. The highest BCUT2D eigenvalue weighted by Crippen LogP contribution is 2.45. The molecule has 19 heavy (non-hydrogen) atoms. The second kappa shape index (κ2) is 5.34. The van der Waals surface area contributed by atoms with Gasteiger partial charge < -0.3 is 15.2 Å². The molecule has 1 heterocycles. The number of hydrogen-bond acceptors (Lipinski definition) is 3. The average Bonchev–Trinajstić information content (AvgIpc) is 2.43. The third kappa shape index (κ3) is 3.50. The normalized spacial score (nSPS) is 37.9. The lowest BCUT2D eigenvalue weighted by molar-refractivity contribution is -0.0788. The van der Waals surface area contributed by atoms with Crippen molar-refractivity contribution in [3.05, 3.63) is 0 Å². The van der Waals surface area contributed by atoms with Crippen molar-refractivity contribution >= 4 is 0 Å². The fourth-order valence-corrected chi connectivity index (χ4v) is 4.06. The monoisotopic (exact) mass is 269 g/mol. The van der Waals surface area contributed by atoms with E-state index in [0.29, 0.717) is 12.0 Å². The van der Waals surface area contributed by atoms with Crippen LogP contribution < -0.4 is 5.73 Å². The Morgan fingerprint density at radius 1 is 1.26 bits per heavy atom. The third-order valence-electron chi connectivity index (χ3n) is 4.86. The van der Waals surface area contributed by atoms with Crippen molar-refractivity contribution in [2.24, 2.45) is 17.6 Å². The molecule has 2 N–H and O–H groups in total. The minimum Gasteiger partial charge on any atom is -0.378 e. The standard InChI is InChI=1S/C16H31NO2/c1-6-18-12-7-11(8-12)9-14(17)13-10-15(2,3)19-16(13,4)5/h11-14H,6-10,17H2,1-5H3. The molecule has 1 saturated carbocycles. The summed E-state index contributed by atoms with van der Waals surface area (Å²) in [6, 6.07) is 0.254. The van der Waals surface area contributed by atoms with Crippen LogP contribution in [0.5, 0.6) is 0 Å². The van der Waals surface area contributed by atoms with Crippen LogP contribution >= 0.6 is 0 Å². The maximum atomic E-state index is 6.48. The fourth-order valence-electron chi connectivity index (χ4n) is 4.06. The molecule has 0 radical (unpaired) electrons. The molecule has 2 rings (SSSR count). The van der Waals surface area contributed by atoms with Crippen LogP contribution in [-0.2, 0) is 9.47 Å². The molecule has 1 saturated heterocycles. The van der Waals surface area contributed by atoms with Gasteiger partial charge in [0.2, 0.25) is 0 Å². The summed E-state index contributed by atoms with van der Waals surface area (Å²) < 4.78 is 11.8. The summed E-state index contributed by atoms with van der Waals surface area (Å²) in [6.07, 6.45) is 5.07. The zero-order valence-corrected chi connectivity index (χ0v) is 13.2. The van der Waals surface area contributed by atoms with Crippen molar-refractivity contribution in [2.75, 3.05) is 6.61 Å². The highest BCUT2D eigenvalue weighted by molar-refractivity contribution is 4.99. The molecule has 3 nitrogen and oxygen atoms in total. The molecule has 2 aliphatic rings. The van der Waals surface area contributed by atoms with Gasteiger partial charge in [-0.2, -0.15) is 0 Å². The van der Waals surface area contributed by atoms with Crippen molar-refractivity contribution < 1.29 is 9.47 Å². The second-order valence-corrected chi connectivity index (χ2v) is 7.59. The number of hydrogen-bond donors (Lipinski definition) is 1. The van der Waals surface area contributed by atoms with Gasteiger partial charge in [0.25, 0.3) is 0 Å². The molecule has 112 valence electrons. The van der Waals surface area contributed by atoms with Crippen LogP contribution in [0.15, 0.2) is 0 Å². The smallest absolute Gasteiger partial charge is 0.0677 e. The van der Waals surface area contributed by atoms with Crippen LogP contribution in [0, 0.1) is 11.8 Å². The van der Waals surface area contributed by atoms with E-state index >= 15 is 0 Å². The van der Waals surface area contributed by atoms with Gasteiger partial charge in [-0.05, 0) is 66.2 Å². The van der Waals surface area contributed by atoms with Gasteiger partial charge in [0.15, 0.2) is 0 Å². The van der Waals surface area contributed by atoms with Gasteiger partial charge >= 0.3 is 0 Å². The molecule has 2 atom stereocenters. The Labute approximate surface area is 118 Å². The molecule has 3 heteroatoms. The predicted molar refractivity (Wildman–Crippen MR) is 78.1 cm³/mol. The molecule has 0 aromatic rings. The summed E-state index contributed by atoms with van der Waals surface area (Å²) in [5, 5.41) is 0. The molecular weight excluding hydrogens is 238 g/mol. The first-order chi connectivity index (χ1) is 8.73. The van der Waals surface area contributed by atoms with Crippen LogP contribution in [0.25, 0.3) is 0 Å². The average molecular weight is 269 g/mol. The van der Waals surface area contributed by atoms with Gasteiger partial charge in [0.05, 0.1) is 17.3 Å². The molecule has 0 amide bonds. The highest BCUT2D eigenvalue weighted by Gasteiger charge is 2.48. The van der Waals surface area contributed by atoms with Crippen LogP contribution in [0.1, 0.15) is 60.3 Å². The van der Waals surface area contributed by atoms with E-state index in [1.165, 1.54) is 12.8 Å². The van der Waals surface area contributed by atoms with Gasteiger partial charge in [-0.3, -0.25) is 0 Å². The summed E-state index contributed by atoms with van der Waals surface area (Å²) in [5.41, 5.74) is 6.36. The van der Waals surface area contributed by atoms with Gasteiger partial charge in [-0.15, -0.1) is 0 Å². The largest absolute Gasteiger partial charge is 0.378 e. The van der Waals surface area contributed by atoms with E-state index in [1.54, 1.807) is 0 Å². The minimum absolute atomic E-state index is 0.0285. The Kier molecular flexibility index (Phi) is 4.29. The maximum absolute atomic E-state index is 6.48. The van der Waals surface area contributed by atoms with E-state index in [-0.39, 0.29) is 17.2 Å². The zero-order valence-electron chi connectivity index (χ0n) is 13.2. The highest BCUT2D eigenvalue weighted by atomic mass is 16.5. The van der Waals surface area contributed by atoms with Crippen molar-refractivity contribution in [1.82, 2.24) is 0 Å². The summed E-state index contributed by atoms with van der Waals surface area (Å²) in [7, 11) is 0. The first-order valence-corrected chi connectivity index (χ1v) is 7.81. The van der Waals surface area contributed by atoms with Gasteiger partial charge in [0, 0.05) is 18.6 Å². The Bertz CT molecular complexity index is 308. The van der Waals surface area contributed by atoms with E-state index in [1.807, 2.05) is 0 Å². The second-order valence-electron chi connectivity index (χ2n) is 7.59. The van der Waals surface area contributed by atoms with Crippen LogP contribution in [0.4, 0.5) is 0 Å². The Morgan fingerprint density at radius 2 is 1.89 bits per heavy atom. The Balaban J connectivity index is 1.82. The Morgan fingerprint density at radius 3 is 2.37 bits per heavy atom. The lowest BCUT2D eigenvalue weighted by Crippen LogP contribution is -2.44. The summed E-state index contributed by atoms with van der Waals surface area (Å²) in [6.45, 7) is 11.6. The molecule has 0 spiro atoms. The minimum atomic E-state index is -0.0913. The molecule has 2 fully saturated rings. The summed E-state index contributed by atoms with van der Waals surface area (Å²) in [4.78, 5) is 0. The van der Waals surface area contributed by atoms with Crippen LogP contribution in [-0.4, -0.2) is 30.0 Å². The number of ether oxygens (including phenoxy) is 2. The zero-order chi connectivity index (χ0) is 14.3. The van der Waals surface area contributed by atoms with Crippen LogP contribution in [0.2, 0.25) is 0 Å². The van der Waals surface area contributed by atoms with E-state index in [4.69, 9.17) is 15.2 Å². The van der Waals surface area contributed by atoms with E-state index in [9.17, 15) is 0 Å². The SMILES string of the molecule is CCOC1CC(CC(N)C2CC(C)(C)OC2(C)C)C1. The van der Waals surface area contributed by atoms with Crippen molar-refractivity contribution in [2.45, 2.75) is 83.6 Å².